The van der Waals surface area contributed by atoms with Gasteiger partial charge >= 0.3 is 0 Å². The van der Waals surface area contributed by atoms with E-state index in [1.807, 2.05) is 6.07 Å². The highest BCUT2D eigenvalue weighted by molar-refractivity contribution is 5.76. The Balaban J connectivity index is 1.64. The molecule has 0 spiro atoms. The van der Waals surface area contributed by atoms with Crippen LogP contribution in [0.15, 0.2) is 30.3 Å². The molecule has 1 aromatic rings. The summed E-state index contributed by atoms with van der Waals surface area (Å²) in [5, 5.41) is 0. The fourth-order valence-corrected chi connectivity index (χ4v) is 3.46. The van der Waals surface area contributed by atoms with Crippen molar-refractivity contribution in [3.63, 3.8) is 0 Å². The van der Waals surface area contributed by atoms with Crippen molar-refractivity contribution in [2.24, 2.45) is 0 Å². The van der Waals surface area contributed by atoms with Crippen molar-refractivity contribution in [3.05, 3.63) is 35.9 Å². The number of hydrogen-bond donors (Lipinski definition) is 0. The van der Waals surface area contributed by atoms with Crippen LogP contribution in [0, 0.1) is 0 Å². The number of rotatable bonds is 5. The molecule has 0 bridgehead atoms. The van der Waals surface area contributed by atoms with E-state index in [2.05, 4.69) is 29.2 Å². The molecule has 126 valence electrons. The Morgan fingerprint density at radius 2 is 2.13 bits per heavy atom. The zero-order chi connectivity index (χ0) is 16.2. The van der Waals surface area contributed by atoms with Crippen molar-refractivity contribution in [3.8, 4) is 0 Å². The van der Waals surface area contributed by atoms with E-state index in [1.54, 1.807) is 19.0 Å². The zero-order valence-corrected chi connectivity index (χ0v) is 14.0. The van der Waals surface area contributed by atoms with Crippen LogP contribution in [0.2, 0.25) is 0 Å². The fourth-order valence-electron chi connectivity index (χ4n) is 3.46. The molecule has 2 aliphatic heterocycles. The first-order chi connectivity index (χ1) is 11.1. The van der Waals surface area contributed by atoms with Crippen molar-refractivity contribution in [2.75, 3.05) is 33.9 Å². The van der Waals surface area contributed by atoms with Crippen molar-refractivity contribution >= 4 is 5.91 Å². The van der Waals surface area contributed by atoms with E-state index in [0.29, 0.717) is 6.04 Å². The number of carbonyl (C=O) groups is 1. The molecule has 2 fully saturated rings. The number of benzene rings is 1. The third-order valence-electron chi connectivity index (χ3n) is 4.73. The second-order valence-electron chi connectivity index (χ2n) is 6.60. The molecule has 0 unspecified atom stereocenters. The summed E-state index contributed by atoms with van der Waals surface area (Å²) < 4.78 is 11.9. The predicted octanol–water partition coefficient (Wildman–Crippen LogP) is 1.52. The SMILES string of the molecule is CN(C)C(=O)CO[C@@H]1CN(Cc2ccccc2)[C@@H]2CCCO[C@@H]21. The molecule has 1 amide bonds. The van der Waals surface area contributed by atoms with Gasteiger partial charge in [0.2, 0.25) is 5.91 Å². The summed E-state index contributed by atoms with van der Waals surface area (Å²) in [7, 11) is 3.50. The van der Waals surface area contributed by atoms with Crippen LogP contribution in [0.25, 0.3) is 0 Å². The number of nitrogens with zero attached hydrogens (tertiary/aromatic N) is 2. The molecule has 2 aliphatic rings. The van der Waals surface area contributed by atoms with Gasteiger partial charge < -0.3 is 14.4 Å². The van der Waals surface area contributed by atoms with Crippen LogP contribution >= 0.6 is 0 Å². The first-order valence-electron chi connectivity index (χ1n) is 8.36. The van der Waals surface area contributed by atoms with Gasteiger partial charge in [0.15, 0.2) is 0 Å². The molecule has 5 heteroatoms. The van der Waals surface area contributed by atoms with Crippen LogP contribution in [0.1, 0.15) is 18.4 Å². The van der Waals surface area contributed by atoms with Crippen LogP contribution in [-0.2, 0) is 20.8 Å². The second kappa shape index (κ2) is 7.43. The first kappa shape index (κ1) is 16.4. The Kier molecular flexibility index (Phi) is 5.30. The van der Waals surface area contributed by atoms with E-state index >= 15 is 0 Å². The standard InChI is InChI=1S/C18H26N2O3/c1-19(2)17(21)13-23-16-12-20(11-14-7-4-3-5-8-14)15-9-6-10-22-18(15)16/h3-5,7-8,15-16,18H,6,9-13H2,1-2H3/t15-,16-,18+/m1/s1. The molecule has 1 aromatic carbocycles. The molecule has 2 heterocycles. The third kappa shape index (κ3) is 3.91. The number of likely N-dealkylation sites (tertiary alicyclic amines) is 1. The zero-order valence-electron chi connectivity index (χ0n) is 14.0. The number of fused-ring (bicyclic) bond motifs is 1. The highest BCUT2D eigenvalue weighted by Gasteiger charge is 2.44. The molecule has 23 heavy (non-hydrogen) atoms. The van der Waals surface area contributed by atoms with Crippen LogP contribution in [0.4, 0.5) is 0 Å². The lowest BCUT2D eigenvalue weighted by Crippen LogP contribution is -2.42. The maximum Gasteiger partial charge on any atom is 0.248 e. The van der Waals surface area contributed by atoms with Crippen LogP contribution in [-0.4, -0.2) is 67.8 Å². The Bertz CT molecular complexity index is 520. The first-order valence-corrected chi connectivity index (χ1v) is 8.36. The van der Waals surface area contributed by atoms with Gasteiger partial charge in [-0.05, 0) is 18.4 Å². The van der Waals surface area contributed by atoms with Crippen LogP contribution < -0.4 is 0 Å². The van der Waals surface area contributed by atoms with Crippen molar-refractivity contribution in [1.82, 2.24) is 9.80 Å². The summed E-state index contributed by atoms with van der Waals surface area (Å²) in [6.45, 7) is 2.66. The molecule has 3 atom stereocenters. The van der Waals surface area contributed by atoms with Gasteiger partial charge in [0.05, 0.1) is 6.10 Å². The second-order valence-corrected chi connectivity index (χ2v) is 6.60. The molecule has 0 radical (unpaired) electrons. The van der Waals surface area contributed by atoms with Crippen molar-refractivity contribution in [1.29, 1.82) is 0 Å². The highest BCUT2D eigenvalue weighted by Crippen LogP contribution is 2.31. The number of ether oxygens (including phenoxy) is 2. The van der Waals surface area contributed by atoms with E-state index < -0.39 is 0 Å². The van der Waals surface area contributed by atoms with Gasteiger partial charge in [-0.25, -0.2) is 0 Å². The monoisotopic (exact) mass is 318 g/mol. The summed E-state index contributed by atoms with van der Waals surface area (Å²) in [6, 6.07) is 10.9. The van der Waals surface area contributed by atoms with Crippen molar-refractivity contribution < 1.29 is 14.3 Å². The third-order valence-corrected chi connectivity index (χ3v) is 4.73. The Morgan fingerprint density at radius 3 is 2.87 bits per heavy atom. The van der Waals surface area contributed by atoms with Crippen molar-refractivity contribution in [2.45, 2.75) is 37.6 Å². The number of carbonyl (C=O) groups excluding carboxylic acids is 1. The van der Waals surface area contributed by atoms with Gasteiger partial charge in [0.25, 0.3) is 0 Å². The quantitative estimate of drug-likeness (QED) is 0.825. The minimum Gasteiger partial charge on any atom is -0.374 e. The van der Waals surface area contributed by atoms with E-state index in [0.717, 1.165) is 32.5 Å². The summed E-state index contributed by atoms with van der Waals surface area (Å²) in [5.74, 6) is -0.00105. The van der Waals surface area contributed by atoms with E-state index in [9.17, 15) is 4.79 Å². The van der Waals surface area contributed by atoms with Crippen LogP contribution in [0.3, 0.4) is 0 Å². The normalized spacial score (nSPS) is 27.7. The largest absolute Gasteiger partial charge is 0.374 e. The fraction of sp³-hybridized carbons (Fsp3) is 0.611. The molecule has 0 aliphatic carbocycles. The molecular weight excluding hydrogens is 292 g/mol. The Morgan fingerprint density at radius 1 is 1.35 bits per heavy atom. The lowest BCUT2D eigenvalue weighted by atomic mass is 10.0. The Labute approximate surface area is 138 Å². The molecule has 0 N–H and O–H groups in total. The van der Waals surface area contributed by atoms with Gasteiger partial charge in [-0.2, -0.15) is 0 Å². The summed E-state index contributed by atoms with van der Waals surface area (Å²) in [6.07, 6.45) is 2.30. The van der Waals surface area contributed by atoms with Crippen LogP contribution in [0.5, 0.6) is 0 Å². The molecule has 0 aromatic heterocycles. The van der Waals surface area contributed by atoms with Gasteiger partial charge in [-0.15, -0.1) is 0 Å². The summed E-state index contributed by atoms with van der Waals surface area (Å²) in [4.78, 5) is 15.8. The average Bonchev–Trinajstić information content (AvgIpc) is 2.91. The molecule has 5 nitrogen and oxygen atoms in total. The molecule has 3 rings (SSSR count). The predicted molar refractivity (Wildman–Crippen MR) is 88.0 cm³/mol. The highest BCUT2D eigenvalue weighted by atomic mass is 16.5. The lowest BCUT2D eigenvalue weighted by molar-refractivity contribution is -0.139. The lowest BCUT2D eigenvalue weighted by Gasteiger charge is -2.32. The van der Waals surface area contributed by atoms with E-state index in [1.165, 1.54) is 5.56 Å². The van der Waals surface area contributed by atoms with Gasteiger partial charge in [-0.3, -0.25) is 9.69 Å². The average molecular weight is 318 g/mol. The minimum atomic E-state index is -0.0205. The maximum absolute atomic E-state index is 11.8. The topological polar surface area (TPSA) is 42.0 Å². The Hall–Kier alpha value is -1.43. The molecular formula is C18H26N2O3. The van der Waals surface area contributed by atoms with E-state index in [4.69, 9.17) is 9.47 Å². The number of hydrogen-bond acceptors (Lipinski definition) is 4. The number of likely N-dealkylation sites (N-methyl/N-ethyl adjacent to an activating group) is 1. The van der Waals surface area contributed by atoms with E-state index in [-0.39, 0.29) is 24.7 Å². The smallest absolute Gasteiger partial charge is 0.248 e. The maximum atomic E-state index is 11.8. The summed E-state index contributed by atoms with van der Waals surface area (Å²) >= 11 is 0. The minimum absolute atomic E-state index is 0.00105. The summed E-state index contributed by atoms with van der Waals surface area (Å²) in [5.41, 5.74) is 1.31. The van der Waals surface area contributed by atoms with Gasteiger partial charge in [0.1, 0.15) is 12.7 Å². The van der Waals surface area contributed by atoms with Gasteiger partial charge in [0, 0.05) is 39.8 Å². The van der Waals surface area contributed by atoms with Gasteiger partial charge in [-0.1, -0.05) is 30.3 Å². The molecule has 0 saturated carbocycles. The number of amides is 1. The molecule has 2 saturated heterocycles.